The van der Waals surface area contributed by atoms with E-state index in [9.17, 15) is 9.90 Å². The first-order chi connectivity index (χ1) is 9.74. The van der Waals surface area contributed by atoms with E-state index in [2.05, 4.69) is 0 Å². The lowest BCUT2D eigenvalue weighted by Crippen LogP contribution is -2.04. The number of phenolic OH excluding ortho intramolecular Hbond substituents is 1. The van der Waals surface area contributed by atoms with Crippen LogP contribution in [0.15, 0.2) is 54.6 Å². The van der Waals surface area contributed by atoms with Gasteiger partial charge in [0, 0.05) is 6.42 Å². The lowest BCUT2D eigenvalue weighted by Gasteiger charge is -2.05. The van der Waals surface area contributed by atoms with Crippen molar-refractivity contribution in [1.82, 2.24) is 0 Å². The molecule has 0 amide bonds. The number of hydrogen-bond donors (Lipinski definition) is 1. The Morgan fingerprint density at radius 2 is 1.65 bits per heavy atom. The predicted octanol–water partition coefficient (Wildman–Crippen LogP) is 3.46. The second-order valence-electron chi connectivity index (χ2n) is 4.67. The third-order valence-electron chi connectivity index (χ3n) is 3.03. The van der Waals surface area contributed by atoms with Crippen LogP contribution in [-0.4, -0.2) is 11.1 Å². The van der Waals surface area contributed by atoms with Gasteiger partial charge in [-0.05, 0) is 36.1 Å². The zero-order valence-electron chi connectivity index (χ0n) is 11.3. The molecule has 0 saturated heterocycles. The number of phenols is 1. The van der Waals surface area contributed by atoms with Gasteiger partial charge in [0.25, 0.3) is 0 Å². The Labute approximate surface area is 118 Å². The molecule has 2 rings (SSSR count). The number of aryl methyl sites for hydroxylation is 1. The standard InChI is InChI=1S/C17H18O3/c18-16-11-9-14(10-12-16)7-4-8-17(19)20-13-15-5-2-1-3-6-15/h1-3,5-6,9-12,18H,4,7-8,13H2. The number of ether oxygens (including phenoxy) is 1. The summed E-state index contributed by atoms with van der Waals surface area (Å²) in [7, 11) is 0. The predicted molar refractivity (Wildman–Crippen MR) is 77.3 cm³/mol. The summed E-state index contributed by atoms with van der Waals surface area (Å²) in [6, 6.07) is 16.7. The van der Waals surface area contributed by atoms with Crippen molar-refractivity contribution in [3.63, 3.8) is 0 Å². The molecule has 1 N–H and O–H groups in total. The summed E-state index contributed by atoms with van der Waals surface area (Å²) in [6.07, 6.45) is 1.97. The van der Waals surface area contributed by atoms with Gasteiger partial charge in [-0.3, -0.25) is 4.79 Å². The topological polar surface area (TPSA) is 46.5 Å². The molecular weight excluding hydrogens is 252 g/mol. The summed E-state index contributed by atoms with van der Waals surface area (Å²) in [5.74, 6) is 0.0867. The first-order valence-electron chi connectivity index (χ1n) is 6.71. The molecule has 0 fully saturated rings. The molecule has 0 atom stereocenters. The second kappa shape index (κ2) is 7.34. The maximum atomic E-state index is 11.6. The van der Waals surface area contributed by atoms with E-state index in [4.69, 9.17) is 4.74 Å². The third kappa shape index (κ3) is 4.76. The highest BCUT2D eigenvalue weighted by Crippen LogP contribution is 2.12. The average Bonchev–Trinajstić information content (AvgIpc) is 2.48. The fourth-order valence-corrected chi connectivity index (χ4v) is 1.91. The van der Waals surface area contributed by atoms with E-state index in [1.807, 2.05) is 42.5 Å². The molecule has 0 aliphatic heterocycles. The molecule has 104 valence electrons. The molecule has 3 nitrogen and oxygen atoms in total. The van der Waals surface area contributed by atoms with Crippen LogP contribution in [0.5, 0.6) is 5.75 Å². The molecule has 0 saturated carbocycles. The van der Waals surface area contributed by atoms with Gasteiger partial charge in [0.15, 0.2) is 0 Å². The number of benzene rings is 2. The molecular formula is C17H18O3. The highest BCUT2D eigenvalue weighted by molar-refractivity contribution is 5.69. The lowest BCUT2D eigenvalue weighted by molar-refractivity contribution is -0.145. The molecule has 0 aliphatic carbocycles. The van der Waals surface area contributed by atoms with Gasteiger partial charge in [-0.1, -0.05) is 42.5 Å². The summed E-state index contributed by atoms with van der Waals surface area (Å²) in [4.78, 5) is 11.6. The van der Waals surface area contributed by atoms with Crippen LogP contribution in [0.25, 0.3) is 0 Å². The van der Waals surface area contributed by atoms with Crippen molar-refractivity contribution in [2.24, 2.45) is 0 Å². The van der Waals surface area contributed by atoms with Gasteiger partial charge in [0.05, 0.1) is 0 Å². The molecule has 0 aromatic heterocycles. The van der Waals surface area contributed by atoms with Crippen LogP contribution < -0.4 is 0 Å². The summed E-state index contributed by atoms with van der Waals surface area (Å²) in [6.45, 7) is 0.332. The van der Waals surface area contributed by atoms with Crippen molar-refractivity contribution in [2.45, 2.75) is 25.9 Å². The molecule has 2 aromatic rings. The average molecular weight is 270 g/mol. The Bertz CT molecular complexity index is 532. The lowest BCUT2D eigenvalue weighted by atomic mass is 10.1. The number of rotatable bonds is 6. The van der Waals surface area contributed by atoms with Gasteiger partial charge in [0.2, 0.25) is 0 Å². The van der Waals surface area contributed by atoms with Gasteiger partial charge < -0.3 is 9.84 Å². The maximum Gasteiger partial charge on any atom is 0.306 e. The number of hydrogen-bond acceptors (Lipinski definition) is 3. The van der Waals surface area contributed by atoms with Crippen molar-refractivity contribution < 1.29 is 14.6 Å². The first kappa shape index (κ1) is 14.1. The van der Waals surface area contributed by atoms with E-state index in [0.717, 1.165) is 24.0 Å². The SMILES string of the molecule is O=C(CCCc1ccc(O)cc1)OCc1ccccc1. The van der Waals surface area contributed by atoms with Crippen LogP contribution in [0, 0.1) is 0 Å². The summed E-state index contributed by atoms with van der Waals surface area (Å²) in [5, 5.41) is 9.17. The Balaban J connectivity index is 1.66. The van der Waals surface area contributed by atoms with Crippen LogP contribution >= 0.6 is 0 Å². The Morgan fingerprint density at radius 1 is 0.950 bits per heavy atom. The number of esters is 1. The van der Waals surface area contributed by atoms with E-state index in [1.54, 1.807) is 12.1 Å². The highest BCUT2D eigenvalue weighted by atomic mass is 16.5. The van der Waals surface area contributed by atoms with E-state index < -0.39 is 0 Å². The molecule has 0 spiro atoms. The van der Waals surface area contributed by atoms with Gasteiger partial charge in [-0.15, -0.1) is 0 Å². The minimum absolute atomic E-state index is 0.173. The monoisotopic (exact) mass is 270 g/mol. The van der Waals surface area contributed by atoms with E-state index in [1.165, 1.54) is 0 Å². The fraction of sp³-hybridized carbons (Fsp3) is 0.235. The van der Waals surface area contributed by atoms with Crippen LogP contribution in [-0.2, 0) is 22.6 Å². The van der Waals surface area contributed by atoms with Crippen LogP contribution in [0.2, 0.25) is 0 Å². The fourth-order valence-electron chi connectivity index (χ4n) is 1.91. The number of carbonyl (C=O) groups is 1. The van der Waals surface area contributed by atoms with E-state index in [0.29, 0.717) is 13.0 Å². The maximum absolute atomic E-state index is 11.6. The minimum Gasteiger partial charge on any atom is -0.508 e. The minimum atomic E-state index is -0.173. The van der Waals surface area contributed by atoms with Crippen molar-refractivity contribution in [2.75, 3.05) is 0 Å². The van der Waals surface area contributed by atoms with Crippen molar-refractivity contribution >= 4 is 5.97 Å². The zero-order valence-corrected chi connectivity index (χ0v) is 11.3. The smallest absolute Gasteiger partial charge is 0.306 e. The molecule has 3 heteroatoms. The molecule has 0 aliphatic rings. The molecule has 0 radical (unpaired) electrons. The molecule has 0 bridgehead atoms. The first-order valence-corrected chi connectivity index (χ1v) is 6.71. The van der Waals surface area contributed by atoms with E-state index in [-0.39, 0.29) is 11.7 Å². The van der Waals surface area contributed by atoms with E-state index >= 15 is 0 Å². The van der Waals surface area contributed by atoms with Crippen molar-refractivity contribution in [1.29, 1.82) is 0 Å². The Kier molecular flexibility index (Phi) is 5.18. The van der Waals surface area contributed by atoms with Gasteiger partial charge in [-0.2, -0.15) is 0 Å². The molecule has 2 aromatic carbocycles. The normalized spacial score (nSPS) is 10.2. The molecule has 0 heterocycles. The molecule has 20 heavy (non-hydrogen) atoms. The number of carbonyl (C=O) groups excluding carboxylic acids is 1. The second-order valence-corrected chi connectivity index (χ2v) is 4.67. The van der Waals surface area contributed by atoms with Crippen molar-refractivity contribution in [3.05, 3.63) is 65.7 Å². The van der Waals surface area contributed by atoms with Crippen LogP contribution in [0.3, 0.4) is 0 Å². The highest BCUT2D eigenvalue weighted by Gasteiger charge is 2.03. The number of aromatic hydroxyl groups is 1. The Morgan fingerprint density at radius 3 is 2.35 bits per heavy atom. The summed E-state index contributed by atoms with van der Waals surface area (Å²) >= 11 is 0. The Hall–Kier alpha value is -2.29. The summed E-state index contributed by atoms with van der Waals surface area (Å²) in [5.41, 5.74) is 2.11. The summed E-state index contributed by atoms with van der Waals surface area (Å²) < 4.78 is 5.21. The molecule has 0 unspecified atom stereocenters. The van der Waals surface area contributed by atoms with Gasteiger partial charge in [-0.25, -0.2) is 0 Å². The van der Waals surface area contributed by atoms with Gasteiger partial charge in [0.1, 0.15) is 12.4 Å². The third-order valence-corrected chi connectivity index (χ3v) is 3.03. The zero-order chi connectivity index (χ0) is 14.2. The van der Waals surface area contributed by atoms with Crippen LogP contribution in [0.4, 0.5) is 0 Å². The van der Waals surface area contributed by atoms with Crippen molar-refractivity contribution in [3.8, 4) is 5.75 Å². The largest absolute Gasteiger partial charge is 0.508 e. The van der Waals surface area contributed by atoms with Gasteiger partial charge >= 0.3 is 5.97 Å². The van der Waals surface area contributed by atoms with Crippen LogP contribution in [0.1, 0.15) is 24.0 Å². The quantitative estimate of drug-likeness (QED) is 0.818.